The Labute approximate surface area is 198 Å². The van der Waals surface area contributed by atoms with Gasteiger partial charge in [-0.05, 0) is 71.2 Å². The van der Waals surface area contributed by atoms with E-state index in [9.17, 15) is 14.4 Å². The van der Waals surface area contributed by atoms with Crippen molar-refractivity contribution >= 4 is 61.8 Å². The van der Waals surface area contributed by atoms with E-state index in [1.807, 2.05) is 19.1 Å². The molecule has 2 aromatic carbocycles. The van der Waals surface area contributed by atoms with Gasteiger partial charge >= 0.3 is 11.8 Å². The van der Waals surface area contributed by atoms with E-state index >= 15 is 0 Å². The number of ether oxygens (including phenoxy) is 1. The number of amides is 3. The van der Waals surface area contributed by atoms with E-state index < -0.39 is 17.7 Å². The summed E-state index contributed by atoms with van der Waals surface area (Å²) < 4.78 is 6.91. The number of hydrogen-bond acceptors (Lipinski definition) is 4. The van der Waals surface area contributed by atoms with Crippen LogP contribution in [0.25, 0.3) is 10.9 Å². The molecule has 0 unspecified atom stereocenters. The van der Waals surface area contributed by atoms with Crippen LogP contribution in [0, 0.1) is 6.92 Å². The summed E-state index contributed by atoms with van der Waals surface area (Å²) in [5.74, 6) is -2.19. The number of aryl methyl sites for hydroxylation is 1. The number of rotatable bonds is 7. The van der Waals surface area contributed by atoms with Crippen LogP contribution in [-0.4, -0.2) is 42.7 Å². The summed E-state index contributed by atoms with van der Waals surface area (Å²) in [6, 6.07) is 12.1. The minimum absolute atomic E-state index is 0.135. The van der Waals surface area contributed by atoms with Gasteiger partial charge in [0.1, 0.15) is 5.69 Å². The SMILES string of the molecule is COCCCNC(=O)C(=O)Nn1c(C(=O)Nc2ccc(C)cc2Br)cc2cc(Cl)ccc21. The molecule has 1 aromatic heterocycles. The molecule has 10 heteroatoms. The van der Waals surface area contributed by atoms with Crippen LogP contribution in [0.4, 0.5) is 5.69 Å². The Kier molecular flexibility index (Phi) is 7.89. The maximum atomic E-state index is 13.1. The third-order valence-corrected chi connectivity index (χ3v) is 5.49. The molecule has 0 spiro atoms. The maximum Gasteiger partial charge on any atom is 0.328 e. The summed E-state index contributed by atoms with van der Waals surface area (Å²) in [5, 5.41) is 6.44. The van der Waals surface area contributed by atoms with Gasteiger partial charge in [-0.3, -0.25) is 19.8 Å². The van der Waals surface area contributed by atoms with Crippen LogP contribution >= 0.6 is 27.5 Å². The van der Waals surface area contributed by atoms with E-state index in [0.29, 0.717) is 34.6 Å². The predicted octanol–water partition coefficient (Wildman–Crippen LogP) is 3.84. The quantitative estimate of drug-likeness (QED) is 0.325. The molecule has 3 amide bonds. The molecule has 168 valence electrons. The lowest BCUT2D eigenvalue weighted by Crippen LogP contribution is -2.40. The lowest BCUT2D eigenvalue weighted by Gasteiger charge is -2.13. The van der Waals surface area contributed by atoms with Gasteiger partial charge in [-0.25, -0.2) is 4.68 Å². The number of nitrogens with zero attached hydrogens (tertiary/aromatic N) is 1. The summed E-state index contributed by atoms with van der Waals surface area (Å²) in [5.41, 5.74) is 4.75. The van der Waals surface area contributed by atoms with Crippen LogP contribution in [0.5, 0.6) is 0 Å². The Morgan fingerprint density at radius 2 is 1.88 bits per heavy atom. The molecule has 8 nitrogen and oxygen atoms in total. The van der Waals surface area contributed by atoms with Crippen LogP contribution in [0.1, 0.15) is 22.5 Å². The van der Waals surface area contributed by atoms with Crippen molar-refractivity contribution in [1.29, 1.82) is 0 Å². The number of nitrogens with one attached hydrogen (secondary N) is 3. The maximum absolute atomic E-state index is 13.1. The van der Waals surface area contributed by atoms with Crippen molar-refractivity contribution in [3.05, 3.63) is 63.2 Å². The average molecular weight is 522 g/mol. The molecule has 0 aliphatic rings. The topological polar surface area (TPSA) is 101 Å². The lowest BCUT2D eigenvalue weighted by atomic mass is 10.2. The number of fused-ring (bicyclic) bond motifs is 1. The second-order valence-corrected chi connectivity index (χ2v) is 8.34. The fourth-order valence-corrected chi connectivity index (χ4v) is 3.81. The number of carbonyl (C=O) groups is 3. The van der Waals surface area contributed by atoms with Gasteiger partial charge in [-0.2, -0.15) is 0 Å². The Morgan fingerprint density at radius 3 is 2.59 bits per heavy atom. The zero-order valence-corrected chi connectivity index (χ0v) is 19.8. The van der Waals surface area contributed by atoms with Gasteiger partial charge in [-0.1, -0.05) is 17.7 Å². The third kappa shape index (κ3) is 5.67. The van der Waals surface area contributed by atoms with E-state index in [2.05, 4.69) is 32.0 Å². The van der Waals surface area contributed by atoms with Gasteiger partial charge in [-0.15, -0.1) is 0 Å². The van der Waals surface area contributed by atoms with Crippen LogP contribution in [-0.2, 0) is 14.3 Å². The molecule has 0 aliphatic heterocycles. The molecule has 3 rings (SSSR count). The number of hydrogen-bond donors (Lipinski definition) is 3. The minimum Gasteiger partial charge on any atom is -0.385 e. The fraction of sp³-hybridized carbons (Fsp3) is 0.227. The van der Waals surface area contributed by atoms with Gasteiger partial charge in [0.15, 0.2) is 0 Å². The van der Waals surface area contributed by atoms with E-state index in [4.69, 9.17) is 16.3 Å². The highest BCUT2D eigenvalue weighted by Crippen LogP contribution is 2.26. The molecule has 0 bridgehead atoms. The van der Waals surface area contributed by atoms with Crippen molar-refractivity contribution in [3.8, 4) is 0 Å². The molecule has 0 radical (unpaired) electrons. The van der Waals surface area contributed by atoms with Gasteiger partial charge < -0.3 is 15.4 Å². The van der Waals surface area contributed by atoms with Crippen LogP contribution in [0.3, 0.4) is 0 Å². The zero-order valence-electron chi connectivity index (χ0n) is 17.5. The van der Waals surface area contributed by atoms with Crippen LogP contribution in [0.15, 0.2) is 46.9 Å². The van der Waals surface area contributed by atoms with Crippen LogP contribution in [0.2, 0.25) is 5.02 Å². The van der Waals surface area contributed by atoms with E-state index in [1.54, 1.807) is 37.4 Å². The second kappa shape index (κ2) is 10.6. The molecule has 3 N–H and O–H groups in total. The number of methoxy groups -OCH3 is 1. The number of benzene rings is 2. The Bertz CT molecular complexity index is 1180. The molecule has 0 saturated heterocycles. The van der Waals surface area contributed by atoms with E-state index in [0.717, 1.165) is 10.0 Å². The van der Waals surface area contributed by atoms with E-state index in [1.165, 1.54) is 4.68 Å². The first-order valence-corrected chi connectivity index (χ1v) is 10.9. The molecule has 0 aliphatic carbocycles. The third-order valence-electron chi connectivity index (χ3n) is 4.60. The highest BCUT2D eigenvalue weighted by Gasteiger charge is 2.21. The molecule has 3 aromatic rings. The molecule has 32 heavy (non-hydrogen) atoms. The van der Waals surface area contributed by atoms with Gasteiger partial charge in [0.25, 0.3) is 5.91 Å². The Hall–Kier alpha value is -2.88. The number of halogens is 2. The minimum atomic E-state index is -0.902. The Morgan fingerprint density at radius 1 is 1.09 bits per heavy atom. The second-order valence-electron chi connectivity index (χ2n) is 7.05. The molecule has 1 heterocycles. The Balaban J connectivity index is 1.87. The first-order chi connectivity index (χ1) is 15.3. The lowest BCUT2D eigenvalue weighted by molar-refractivity contribution is -0.136. The van der Waals surface area contributed by atoms with Crippen molar-refractivity contribution in [3.63, 3.8) is 0 Å². The van der Waals surface area contributed by atoms with Gasteiger partial charge in [0.2, 0.25) is 0 Å². The molecular formula is C22H22BrClN4O4. The molecule has 0 atom stereocenters. The number of anilines is 1. The summed E-state index contributed by atoms with van der Waals surface area (Å²) in [4.78, 5) is 37.7. The van der Waals surface area contributed by atoms with Gasteiger partial charge in [0, 0.05) is 35.1 Å². The number of aromatic nitrogens is 1. The average Bonchev–Trinajstić information content (AvgIpc) is 3.10. The summed E-state index contributed by atoms with van der Waals surface area (Å²) in [6.45, 7) is 2.69. The van der Waals surface area contributed by atoms with Crippen molar-refractivity contribution in [2.45, 2.75) is 13.3 Å². The summed E-state index contributed by atoms with van der Waals surface area (Å²) in [7, 11) is 1.56. The van der Waals surface area contributed by atoms with Crippen molar-refractivity contribution < 1.29 is 19.1 Å². The molecule has 0 fully saturated rings. The van der Waals surface area contributed by atoms with E-state index in [-0.39, 0.29) is 12.2 Å². The monoisotopic (exact) mass is 520 g/mol. The normalized spacial score (nSPS) is 10.8. The summed E-state index contributed by atoms with van der Waals surface area (Å²) >= 11 is 9.52. The first-order valence-electron chi connectivity index (χ1n) is 9.77. The largest absolute Gasteiger partial charge is 0.385 e. The van der Waals surface area contributed by atoms with Crippen molar-refractivity contribution in [2.75, 3.05) is 31.0 Å². The first kappa shape index (κ1) is 23.8. The van der Waals surface area contributed by atoms with Crippen LogP contribution < -0.4 is 16.1 Å². The number of carbonyl (C=O) groups excluding carboxylic acids is 3. The molecule has 0 saturated carbocycles. The zero-order chi connectivity index (χ0) is 23.3. The van der Waals surface area contributed by atoms with Gasteiger partial charge in [0.05, 0.1) is 11.2 Å². The highest BCUT2D eigenvalue weighted by molar-refractivity contribution is 9.10. The summed E-state index contributed by atoms with van der Waals surface area (Å²) in [6.07, 6.45) is 0.569. The standard InChI is InChI=1S/C22H22BrClN4O4/c1-13-4-6-17(16(23)10-13)26-20(29)19-12-14-11-15(24)5-7-18(14)28(19)27-22(31)21(30)25-8-3-9-32-2/h4-7,10-12H,3,8-9H2,1-2H3,(H,25,30)(H,26,29)(H,27,31). The van der Waals surface area contributed by atoms with Crippen molar-refractivity contribution in [1.82, 2.24) is 9.99 Å². The smallest absolute Gasteiger partial charge is 0.328 e. The fourth-order valence-electron chi connectivity index (χ4n) is 3.03. The predicted molar refractivity (Wildman–Crippen MR) is 128 cm³/mol. The van der Waals surface area contributed by atoms with Crippen molar-refractivity contribution in [2.24, 2.45) is 0 Å². The molecular weight excluding hydrogens is 500 g/mol. The highest BCUT2D eigenvalue weighted by atomic mass is 79.9.